The van der Waals surface area contributed by atoms with Gasteiger partial charge in [-0.3, -0.25) is 4.79 Å². The summed E-state index contributed by atoms with van der Waals surface area (Å²) in [5.41, 5.74) is 2.85. The summed E-state index contributed by atoms with van der Waals surface area (Å²) < 4.78 is 18.8. The first-order chi connectivity index (χ1) is 11.9. The van der Waals surface area contributed by atoms with Crippen LogP contribution in [0.3, 0.4) is 0 Å². The molecule has 0 atom stereocenters. The van der Waals surface area contributed by atoms with Gasteiger partial charge in [-0.15, -0.1) is 0 Å². The summed E-state index contributed by atoms with van der Waals surface area (Å²) in [6.07, 6.45) is 0. The molecule has 0 saturated carbocycles. The predicted molar refractivity (Wildman–Crippen MR) is 94.9 cm³/mol. The van der Waals surface area contributed by atoms with E-state index in [1.165, 1.54) is 6.07 Å². The van der Waals surface area contributed by atoms with Gasteiger partial charge in [-0.1, -0.05) is 17.8 Å². The number of nitrogens with zero attached hydrogens (tertiary/aromatic N) is 2. The molecule has 0 bridgehead atoms. The third-order valence-corrected chi connectivity index (χ3v) is 4.32. The standard InChI is InChI=1S/C18H18FN3O2S/c1-11-4-5-15(19)16(6-11)22-17(23)10-25-18-14(8-20)13(9-24-3)7-12(2)21-18/h4-7H,9-10H2,1-3H3,(H,22,23). The number of aromatic nitrogens is 1. The van der Waals surface area contributed by atoms with E-state index in [0.717, 1.165) is 28.6 Å². The van der Waals surface area contributed by atoms with E-state index in [0.29, 0.717) is 17.2 Å². The molecule has 2 rings (SSSR count). The number of nitriles is 1. The van der Waals surface area contributed by atoms with Crippen LogP contribution in [0.2, 0.25) is 0 Å². The molecule has 0 aliphatic rings. The van der Waals surface area contributed by atoms with Crippen molar-refractivity contribution < 1.29 is 13.9 Å². The molecule has 25 heavy (non-hydrogen) atoms. The van der Waals surface area contributed by atoms with Gasteiger partial charge in [0, 0.05) is 12.8 Å². The first-order valence-corrected chi connectivity index (χ1v) is 8.51. The van der Waals surface area contributed by atoms with Crippen molar-refractivity contribution in [3.8, 4) is 6.07 Å². The SMILES string of the molecule is COCc1cc(C)nc(SCC(=O)Nc2cc(C)ccc2F)c1C#N. The van der Waals surface area contributed by atoms with Gasteiger partial charge in [-0.05, 0) is 43.2 Å². The molecule has 1 aromatic carbocycles. The quantitative estimate of drug-likeness (QED) is 0.798. The summed E-state index contributed by atoms with van der Waals surface area (Å²) in [6, 6.07) is 8.41. The number of rotatable bonds is 6. The lowest BCUT2D eigenvalue weighted by Gasteiger charge is -2.10. The van der Waals surface area contributed by atoms with Gasteiger partial charge in [0.05, 0.1) is 23.6 Å². The molecule has 0 fully saturated rings. The molecule has 1 amide bonds. The number of carbonyl (C=O) groups excluding carboxylic acids is 1. The molecule has 0 radical (unpaired) electrons. The Labute approximate surface area is 150 Å². The van der Waals surface area contributed by atoms with Gasteiger partial charge in [0.15, 0.2) is 0 Å². The van der Waals surface area contributed by atoms with Gasteiger partial charge in [0.1, 0.15) is 16.9 Å². The first-order valence-electron chi connectivity index (χ1n) is 7.53. The molecule has 0 aliphatic carbocycles. The topological polar surface area (TPSA) is 75.0 Å². The molecule has 7 heteroatoms. The normalized spacial score (nSPS) is 10.4. The van der Waals surface area contributed by atoms with Gasteiger partial charge < -0.3 is 10.1 Å². The van der Waals surface area contributed by atoms with Crippen LogP contribution in [0.25, 0.3) is 0 Å². The third kappa shape index (κ3) is 5.02. The van der Waals surface area contributed by atoms with Crippen LogP contribution in [0, 0.1) is 31.0 Å². The third-order valence-electron chi connectivity index (χ3n) is 3.34. The average Bonchev–Trinajstić information content (AvgIpc) is 2.56. The van der Waals surface area contributed by atoms with E-state index < -0.39 is 5.82 Å². The Balaban J connectivity index is 2.11. The molecule has 1 heterocycles. The fraction of sp³-hybridized carbons (Fsp3) is 0.278. The highest BCUT2D eigenvalue weighted by atomic mass is 32.2. The number of amides is 1. The van der Waals surface area contributed by atoms with Crippen molar-refractivity contribution in [2.75, 3.05) is 18.2 Å². The highest BCUT2D eigenvalue weighted by Gasteiger charge is 2.14. The van der Waals surface area contributed by atoms with Crippen LogP contribution in [0.15, 0.2) is 29.3 Å². The molecular formula is C18H18FN3O2S. The maximum atomic E-state index is 13.7. The summed E-state index contributed by atoms with van der Waals surface area (Å²) in [7, 11) is 1.55. The van der Waals surface area contributed by atoms with Crippen molar-refractivity contribution in [2.45, 2.75) is 25.5 Å². The Morgan fingerprint density at radius 1 is 1.40 bits per heavy atom. The van der Waals surface area contributed by atoms with E-state index >= 15 is 0 Å². The zero-order chi connectivity index (χ0) is 18.4. The Morgan fingerprint density at radius 2 is 2.16 bits per heavy atom. The fourth-order valence-electron chi connectivity index (χ4n) is 2.26. The number of carbonyl (C=O) groups is 1. The van der Waals surface area contributed by atoms with Crippen molar-refractivity contribution in [2.24, 2.45) is 0 Å². The van der Waals surface area contributed by atoms with Crippen molar-refractivity contribution >= 4 is 23.4 Å². The average molecular weight is 359 g/mol. The molecule has 130 valence electrons. The van der Waals surface area contributed by atoms with Gasteiger partial charge in [0.2, 0.25) is 5.91 Å². The summed E-state index contributed by atoms with van der Waals surface area (Å²) in [5, 5.41) is 12.4. The lowest BCUT2D eigenvalue weighted by atomic mass is 10.1. The lowest BCUT2D eigenvalue weighted by molar-refractivity contribution is -0.113. The Bertz CT molecular complexity index is 834. The number of hydrogen-bond donors (Lipinski definition) is 1. The van der Waals surface area contributed by atoms with Crippen molar-refractivity contribution in [1.82, 2.24) is 4.98 Å². The highest BCUT2D eigenvalue weighted by Crippen LogP contribution is 2.25. The second-order valence-corrected chi connectivity index (χ2v) is 6.43. The summed E-state index contributed by atoms with van der Waals surface area (Å²) in [5.74, 6) is -0.835. The van der Waals surface area contributed by atoms with E-state index in [9.17, 15) is 14.4 Å². The number of ether oxygens (including phenoxy) is 1. The van der Waals surface area contributed by atoms with Gasteiger partial charge in [0.25, 0.3) is 0 Å². The Kier molecular flexibility index (Phi) is 6.51. The van der Waals surface area contributed by atoms with Gasteiger partial charge in [-0.2, -0.15) is 5.26 Å². The second kappa shape index (κ2) is 8.60. The van der Waals surface area contributed by atoms with E-state index in [1.54, 1.807) is 25.3 Å². The van der Waals surface area contributed by atoms with E-state index in [4.69, 9.17) is 4.74 Å². The number of aryl methyl sites for hydroxylation is 2. The highest BCUT2D eigenvalue weighted by molar-refractivity contribution is 8.00. The number of nitrogens with one attached hydrogen (secondary N) is 1. The van der Waals surface area contributed by atoms with Crippen LogP contribution in [-0.2, 0) is 16.1 Å². The minimum atomic E-state index is -0.488. The fourth-order valence-corrected chi connectivity index (χ4v) is 3.13. The van der Waals surface area contributed by atoms with E-state index in [1.807, 2.05) is 13.8 Å². The number of thioether (sulfide) groups is 1. The molecule has 0 spiro atoms. The summed E-state index contributed by atoms with van der Waals surface area (Å²) in [4.78, 5) is 16.4. The molecule has 0 saturated heterocycles. The molecular weight excluding hydrogens is 341 g/mol. The maximum Gasteiger partial charge on any atom is 0.234 e. The first kappa shape index (κ1) is 18.9. The summed E-state index contributed by atoms with van der Waals surface area (Å²) in [6.45, 7) is 3.92. The monoisotopic (exact) mass is 359 g/mol. The Morgan fingerprint density at radius 3 is 2.84 bits per heavy atom. The van der Waals surface area contributed by atoms with Crippen LogP contribution in [0.4, 0.5) is 10.1 Å². The predicted octanol–water partition coefficient (Wildman–Crippen LogP) is 3.59. The number of anilines is 1. The summed E-state index contributed by atoms with van der Waals surface area (Å²) >= 11 is 1.14. The van der Waals surface area contributed by atoms with Crippen LogP contribution < -0.4 is 5.32 Å². The second-order valence-electron chi connectivity index (χ2n) is 5.47. The maximum absolute atomic E-state index is 13.7. The van der Waals surface area contributed by atoms with Crippen molar-refractivity contribution in [3.05, 3.63) is 52.5 Å². The lowest BCUT2D eigenvalue weighted by Crippen LogP contribution is -2.15. The minimum absolute atomic E-state index is 0.0188. The van der Waals surface area contributed by atoms with E-state index in [2.05, 4.69) is 16.4 Å². The smallest absolute Gasteiger partial charge is 0.234 e. The molecule has 0 aliphatic heterocycles. The van der Waals surface area contributed by atoms with Gasteiger partial charge in [-0.25, -0.2) is 9.37 Å². The van der Waals surface area contributed by atoms with Gasteiger partial charge >= 0.3 is 0 Å². The molecule has 1 aromatic heterocycles. The zero-order valence-electron chi connectivity index (χ0n) is 14.2. The van der Waals surface area contributed by atoms with Crippen LogP contribution >= 0.6 is 11.8 Å². The molecule has 0 unspecified atom stereocenters. The number of pyridine rings is 1. The van der Waals surface area contributed by atoms with Crippen molar-refractivity contribution in [1.29, 1.82) is 5.26 Å². The van der Waals surface area contributed by atoms with Crippen LogP contribution in [-0.4, -0.2) is 23.8 Å². The largest absolute Gasteiger partial charge is 0.380 e. The zero-order valence-corrected chi connectivity index (χ0v) is 15.0. The number of halogens is 1. The molecule has 1 N–H and O–H groups in total. The van der Waals surface area contributed by atoms with Crippen LogP contribution in [0.5, 0.6) is 0 Å². The minimum Gasteiger partial charge on any atom is -0.380 e. The Hall–Kier alpha value is -2.43. The van der Waals surface area contributed by atoms with Crippen molar-refractivity contribution in [3.63, 3.8) is 0 Å². The molecule has 5 nitrogen and oxygen atoms in total. The van der Waals surface area contributed by atoms with Crippen LogP contribution in [0.1, 0.15) is 22.4 Å². The molecule has 2 aromatic rings. The number of benzene rings is 1. The number of hydrogen-bond acceptors (Lipinski definition) is 5. The van der Waals surface area contributed by atoms with E-state index in [-0.39, 0.29) is 17.3 Å². The number of methoxy groups -OCH3 is 1.